The topological polar surface area (TPSA) is 29.9 Å². The van der Waals surface area contributed by atoms with Gasteiger partial charge in [-0.15, -0.1) is 0 Å². The molecule has 21 heavy (non-hydrogen) atoms. The molecule has 1 aromatic carbocycles. The van der Waals surface area contributed by atoms with Crippen LogP contribution < -0.4 is 5.32 Å². The van der Waals surface area contributed by atoms with Crippen molar-refractivity contribution in [3.05, 3.63) is 29.8 Å². The van der Waals surface area contributed by atoms with Crippen LogP contribution in [0, 0.1) is 11.7 Å². The molecule has 3 rings (SSSR count). The van der Waals surface area contributed by atoms with Gasteiger partial charge in [0.2, 0.25) is 0 Å². The van der Waals surface area contributed by atoms with Gasteiger partial charge in [0.25, 0.3) is 0 Å². The summed E-state index contributed by atoms with van der Waals surface area (Å²) in [6.45, 7) is 10.7. The van der Waals surface area contributed by atoms with Crippen molar-refractivity contribution in [2.45, 2.75) is 45.6 Å². The summed E-state index contributed by atoms with van der Waals surface area (Å²) in [5.41, 5.74) is 1.41. The Balaban J connectivity index is 2.31. The minimum atomic E-state index is -0.224. The highest BCUT2D eigenvalue weighted by Crippen LogP contribution is 2.40. The number of hydrogen-bond acceptors (Lipinski definition) is 2. The molecule has 0 spiro atoms. The molecule has 1 N–H and O–H groups in total. The summed E-state index contributed by atoms with van der Waals surface area (Å²) >= 11 is 0. The summed E-state index contributed by atoms with van der Waals surface area (Å²) < 4.78 is 16.4. The van der Waals surface area contributed by atoms with Gasteiger partial charge >= 0.3 is 0 Å². The summed E-state index contributed by atoms with van der Waals surface area (Å²) in [6.07, 6.45) is 1.06. The van der Waals surface area contributed by atoms with E-state index < -0.39 is 0 Å². The lowest BCUT2D eigenvalue weighted by Gasteiger charge is -2.33. The van der Waals surface area contributed by atoms with Gasteiger partial charge in [0.15, 0.2) is 5.82 Å². The fraction of sp³-hybridized carbons (Fsp3) is 0.588. The van der Waals surface area contributed by atoms with E-state index in [1.807, 2.05) is 6.07 Å². The lowest BCUT2D eigenvalue weighted by molar-refractivity contribution is 0.302. The van der Waals surface area contributed by atoms with Gasteiger partial charge < -0.3 is 9.88 Å². The highest BCUT2D eigenvalue weighted by molar-refractivity contribution is 5.77. The predicted molar refractivity (Wildman–Crippen MR) is 84.1 cm³/mol. The van der Waals surface area contributed by atoms with Gasteiger partial charge in [0.1, 0.15) is 11.3 Å². The molecule has 4 heteroatoms. The first-order valence-electron chi connectivity index (χ1n) is 7.85. The Morgan fingerprint density at radius 2 is 2.05 bits per heavy atom. The van der Waals surface area contributed by atoms with E-state index in [1.165, 1.54) is 6.07 Å². The number of fused-ring (bicyclic) bond motifs is 1. The van der Waals surface area contributed by atoms with Crippen LogP contribution in [0.1, 0.15) is 46.0 Å². The molecule has 3 nitrogen and oxygen atoms in total. The molecular formula is C17H24FN3. The number of nitrogens with zero attached hydrogens (tertiary/aromatic N) is 2. The van der Waals surface area contributed by atoms with Crippen molar-refractivity contribution >= 4 is 11.0 Å². The zero-order valence-corrected chi connectivity index (χ0v) is 13.3. The first kappa shape index (κ1) is 14.5. The van der Waals surface area contributed by atoms with E-state index in [2.05, 4.69) is 37.6 Å². The maximum absolute atomic E-state index is 14.2. The maximum atomic E-state index is 14.2. The van der Waals surface area contributed by atoms with Crippen LogP contribution >= 0.6 is 0 Å². The van der Waals surface area contributed by atoms with Crippen LogP contribution in [0.15, 0.2) is 18.2 Å². The Bertz CT molecular complexity index is 651. The number of benzene rings is 1. The van der Waals surface area contributed by atoms with Gasteiger partial charge in [-0.05, 0) is 44.9 Å². The molecule has 1 unspecified atom stereocenters. The maximum Gasteiger partial charge on any atom is 0.151 e. The summed E-state index contributed by atoms with van der Waals surface area (Å²) in [5, 5.41) is 3.47. The Labute approximate surface area is 125 Å². The molecule has 0 bridgehead atoms. The Morgan fingerprint density at radius 1 is 1.29 bits per heavy atom. The number of para-hydroxylation sites is 1. The number of imidazole rings is 1. The first-order chi connectivity index (χ1) is 9.97. The molecule has 1 aliphatic heterocycles. The molecule has 1 fully saturated rings. The van der Waals surface area contributed by atoms with E-state index >= 15 is 0 Å². The molecule has 114 valence electrons. The van der Waals surface area contributed by atoms with Crippen molar-refractivity contribution in [3.8, 4) is 0 Å². The van der Waals surface area contributed by atoms with Crippen LogP contribution in [0.3, 0.4) is 0 Å². The minimum Gasteiger partial charge on any atom is -0.325 e. The first-order valence-corrected chi connectivity index (χ1v) is 7.85. The van der Waals surface area contributed by atoms with E-state index in [-0.39, 0.29) is 17.3 Å². The molecule has 0 radical (unpaired) electrons. The summed E-state index contributed by atoms with van der Waals surface area (Å²) in [5.74, 6) is 1.28. The van der Waals surface area contributed by atoms with E-state index in [1.54, 1.807) is 6.07 Å². The van der Waals surface area contributed by atoms with Gasteiger partial charge in [-0.3, -0.25) is 0 Å². The quantitative estimate of drug-likeness (QED) is 0.935. The van der Waals surface area contributed by atoms with Gasteiger partial charge in [0, 0.05) is 18.0 Å². The molecule has 2 heterocycles. The van der Waals surface area contributed by atoms with Crippen LogP contribution in [0.4, 0.5) is 4.39 Å². The molecule has 1 aromatic heterocycles. The third kappa shape index (κ3) is 2.08. The highest BCUT2D eigenvalue weighted by atomic mass is 19.1. The van der Waals surface area contributed by atoms with Crippen molar-refractivity contribution < 1.29 is 4.39 Å². The molecule has 1 atom stereocenters. The van der Waals surface area contributed by atoms with Gasteiger partial charge in [-0.1, -0.05) is 19.9 Å². The summed E-state index contributed by atoms with van der Waals surface area (Å²) in [7, 11) is 0. The van der Waals surface area contributed by atoms with Gasteiger partial charge in [-0.25, -0.2) is 9.37 Å². The highest BCUT2D eigenvalue weighted by Gasteiger charge is 2.43. The van der Waals surface area contributed by atoms with Crippen molar-refractivity contribution in [1.29, 1.82) is 0 Å². The molecule has 0 amide bonds. The van der Waals surface area contributed by atoms with Crippen LogP contribution in [0.25, 0.3) is 11.0 Å². The SMILES string of the molecule is CC(C)n1c(C2(C(C)C)CCNC2)nc2c(F)cccc21. The second-order valence-corrected chi connectivity index (χ2v) is 6.74. The molecule has 1 saturated heterocycles. The summed E-state index contributed by atoms with van der Waals surface area (Å²) in [4.78, 5) is 4.76. The zero-order valence-electron chi connectivity index (χ0n) is 13.3. The van der Waals surface area contributed by atoms with Crippen molar-refractivity contribution in [3.63, 3.8) is 0 Å². The van der Waals surface area contributed by atoms with E-state index in [0.29, 0.717) is 11.4 Å². The van der Waals surface area contributed by atoms with Crippen LogP contribution in [0.2, 0.25) is 0 Å². The fourth-order valence-corrected chi connectivity index (χ4v) is 3.61. The molecule has 2 aromatic rings. The largest absolute Gasteiger partial charge is 0.325 e. The normalized spacial score (nSPS) is 22.8. The summed E-state index contributed by atoms with van der Waals surface area (Å²) in [6, 6.07) is 5.52. The van der Waals surface area contributed by atoms with Crippen molar-refractivity contribution in [2.24, 2.45) is 5.92 Å². The van der Waals surface area contributed by atoms with E-state index in [0.717, 1.165) is 30.9 Å². The van der Waals surface area contributed by atoms with Crippen molar-refractivity contribution in [1.82, 2.24) is 14.9 Å². The monoisotopic (exact) mass is 289 g/mol. The lowest BCUT2D eigenvalue weighted by atomic mass is 9.75. The van der Waals surface area contributed by atoms with E-state index in [9.17, 15) is 4.39 Å². The molecule has 1 aliphatic rings. The third-order valence-electron chi connectivity index (χ3n) is 4.93. The lowest BCUT2D eigenvalue weighted by Crippen LogP contribution is -2.38. The molecule has 0 aliphatic carbocycles. The van der Waals surface area contributed by atoms with Crippen LogP contribution in [-0.4, -0.2) is 22.6 Å². The average molecular weight is 289 g/mol. The third-order valence-corrected chi connectivity index (χ3v) is 4.93. The average Bonchev–Trinajstić information content (AvgIpc) is 3.04. The number of aromatic nitrogens is 2. The fourth-order valence-electron chi connectivity index (χ4n) is 3.61. The smallest absolute Gasteiger partial charge is 0.151 e. The zero-order chi connectivity index (χ0) is 15.2. The Morgan fingerprint density at radius 3 is 2.62 bits per heavy atom. The van der Waals surface area contributed by atoms with Crippen LogP contribution in [0.5, 0.6) is 0 Å². The van der Waals surface area contributed by atoms with Gasteiger partial charge in [0.05, 0.1) is 5.52 Å². The van der Waals surface area contributed by atoms with E-state index in [4.69, 9.17) is 4.98 Å². The van der Waals surface area contributed by atoms with Gasteiger partial charge in [-0.2, -0.15) is 0 Å². The number of halogens is 1. The van der Waals surface area contributed by atoms with Crippen molar-refractivity contribution in [2.75, 3.05) is 13.1 Å². The number of rotatable bonds is 3. The Kier molecular flexibility index (Phi) is 3.52. The van der Waals surface area contributed by atoms with Crippen LogP contribution in [-0.2, 0) is 5.41 Å². The standard InChI is InChI=1S/C17H24FN3/c1-11(2)17(8-9-19-10-17)16-20-15-13(18)6-5-7-14(15)21(16)12(3)4/h5-7,11-12,19H,8-10H2,1-4H3. The number of nitrogens with one attached hydrogen (secondary N) is 1. The second kappa shape index (κ2) is 5.09. The molecule has 0 saturated carbocycles. The Hall–Kier alpha value is -1.42. The predicted octanol–water partition coefficient (Wildman–Crippen LogP) is 3.64. The second-order valence-electron chi connectivity index (χ2n) is 6.74. The molecular weight excluding hydrogens is 265 g/mol. The minimum absolute atomic E-state index is 0.00424. The number of hydrogen-bond donors (Lipinski definition) is 1.